The lowest BCUT2D eigenvalue weighted by Gasteiger charge is -2.12. The normalized spacial score (nSPS) is 11.5. The smallest absolute Gasteiger partial charge is 0.227 e. The third kappa shape index (κ3) is 5.34. The van der Waals surface area contributed by atoms with Crippen molar-refractivity contribution in [3.8, 4) is 11.3 Å². The van der Waals surface area contributed by atoms with Crippen LogP contribution in [0.2, 0.25) is 0 Å². The number of Topliss-reactive ketones (excluding diaryl/α,β-unsaturated/α-hetero) is 1. The van der Waals surface area contributed by atoms with E-state index < -0.39 is 0 Å². The molecular formula is C25H28N6O2. The minimum Gasteiger partial charge on any atom is -0.360 e. The molecule has 1 aromatic carbocycles. The van der Waals surface area contributed by atoms with E-state index in [1.807, 2.05) is 53.1 Å². The zero-order chi connectivity index (χ0) is 23.6. The van der Waals surface area contributed by atoms with Gasteiger partial charge in [0.2, 0.25) is 5.95 Å². The van der Waals surface area contributed by atoms with Gasteiger partial charge in [-0.05, 0) is 36.6 Å². The van der Waals surface area contributed by atoms with Crippen molar-refractivity contribution in [2.45, 2.75) is 46.0 Å². The van der Waals surface area contributed by atoms with Gasteiger partial charge >= 0.3 is 0 Å². The Morgan fingerprint density at radius 1 is 1.18 bits per heavy atom. The summed E-state index contributed by atoms with van der Waals surface area (Å²) in [6.45, 7) is 8.14. The monoisotopic (exact) mass is 444 g/mol. The van der Waals surface area contributed by atoms with Gasteiger partial charge in [-0.15, -0.1) is 0 Å². The maximum atomic E-state index is 12.6. The lowest BCUT2D eigenvalue weighted by molar-refractivity contribution is 0.0973. The number of benzene rings is 1. The van der Waals surface area contributed by atoms with Crippen LogP contribution in [0.15, 0.2) is 53.4 Å². The van der Waals surface area contributed by atoms with Crippen molar-refractivity contribution in [2.75, 3.05) is 5.32 Å². The molecule has 8 nitrogen and oxygen atoms in total. The average molecular weight is 445 g/mol. The highest BCUT2D eigenvalue weighted by Gasteiger charge is 2.22. The number of nitrogens with one attached hydrogen (secondary N) is 1. The van der Waals surface area contributed by atoms with E-state index in [0.717, 1.165) is 28.1 Å². The molecule has 0 saturated heterocycles. The largest absolute Gasteiger partial charge is 0.360 e. The molecule has 0 spiro atoms. The van der Waals surface area contributed by atoms with E-state index in [1.165, 1.54) is 0 Å². The summed E-state index contributed by atoms with van der Waals surface area (Å²) in [4.78, 5) is 21.5. The summed E-state index contributed by atoms with van der Waals surface area (Å²) < 4.78 is 7.06. The van der Waals surface area contributed by atoms with Crippen LogP contribution < -0.4 is 5.32 Å². The number of carbonyl (C=O) groups is 1. The zero-order valence-corrected chi connectivity index (χ0v) is 19.6. The second-order valence-corrected chi connectivity index (χ2v) is 9.18. The number of aryl methyl sites for hydroxylation is 3. The van der Waals surface area contributed by atoms with Crippen LogP contribution in [0.5, 0.6) is 0 Å². The Bertz CT molecular complexity index is 1280. The van der Waals surface area contributed by atoms with Crippen molar-refractivity contribution in [3.05, 3.63) is 71.5 Å². The van der Waals surface area contributed by atoms with Gasteiger partial charge in [0, 0.05) is 42.9 Å². The van der Waals surface area contributed by atoms with Crippen LogP contribution in [-0.4, -0.2) is 30.7 Å². The Balaban J connectivity index is 1.43. The fourth-order valence-electron chi connectivity index (χ4n) is 3.47. The molecule has 170 valence electrons. The highest BCUT2D eigenvalue weighted by atomic mass is 16.5. The second-order valence-electron chi connectivity index (χ2n) is 9.18. The molecule has 0 aliphatic heterocycles. The Morgan fingerprint density at radius 3 is 2.67 bits per heavy atom. The van der Waals surface area contributed by atoms with Crippen molar-refractivity contribution in [1.29, 1.82) is 0 Å². The number of anilines is 2. The van der Waals surface area contributed by atoms with Crippen molar-refractivity contribution in [1.82, 2.24) is 24.9 Å². The molecule has 0 bridgehead atoms. The molecule has 3 heterocycles. The van der Waals surface area contributed by atoms with Crippen molar-refractivity contribution in [2.24, 2.45) is 7.05 Å². The van der Waals surface area contributed by atoms with Crippen LogP contribution >= 0.6 is 0 Å². The van der Waals surface area contributed by atoms with Crippen LogP contribution in [0.1, 0.15) is 54.6 Å². The van der Waals surface area contributed by atoms with Crippen LogP contribution in [0.4, 0.5) is 11.6 Å². The zero-order valence-electron chi connectivity index (χ0n) is 19.6. The molecule has 0 aliphatic rings. The number of aromatic nitrogens is 5. The minimum atomic E-state index is -0.174. The van der Waals surface area contributed by atoms with Gasteiger partial charge in [0.15, 0.2) is 5.78 Å². The summed E-state index contributed by atoms with van der Waals surface area (Å²) in [7, 11) is 1.86. The maximum Gasteiger partial charge on any atom is 0.227 e. The van der Waals surface area contributed by atoms with Gasteiger partial charge in [0.05, 0.1) is 17.6 Å². The molecule has 0 radical (unpaired) electrons. The number of carbonyl (C=O) groups excluding carboxylic acids is 1. The topological polar surface area (TPSA) is 98.7 Å². The van der Waals surface area contributed by atoms with E-state index in [2.05, 4.69) is 37.7 Å². The number of ketones is 1. The Kier molecular flexibility index (Phi) is 6.09. The van der Waals surface area contributed by atoms with E-state index in [1.54, 1.807) is 23.1 Å². The number of nitrogens with zero attached hydrogens (tertiary/aromatic N) is 5. The lowest BCUT2D eigenvalue weighted by atomic mass is 9.92. The molecule has 0 saturated carbocycles. The summed E-state index contributed by atoms with van der Waals surface area (Å²) in [5.41, 5.74) is 5.08. The summed E-state index contributed by atoms with van der Waals surface area (Å²) in [6, 6.07) is 9.80. The number of hydrogen-bond acceptors (Lipinski definition) is 7. The van der Waals surface area contributed by atoms with Crippen molar-refractivity contribution >= 4 is 17.4 Å². The fourth-order valence-corrected chi connectivity index (χ4v) is 3.47. The summed E-state index contributed by atoms with van der Waals surface area (Å²) >= 11 is 0. The predicted octanol–water partition coefficient (Wildman–Crippen LogP) is 5.03. The van der Waals surface area contributed by atoms with Crippen LogP contribution in [0.25, 0.3) is 11.3 Å². The molecule has 0 fully saturated rings. The molecule has 33 heavy (non-hydrogen) atoms. The molecule has 0 aliphatic carbocycles. The Labute approximate surface area is 193 Å². The van der Waals surface area contributed by atoms with E-state index in [4.69, 9.17) is 4.52 Å². The molecular weight excluding hydrogens is 416 g/mol. The first-order chi connectivity index (χ1) is 15.7. The summed E-state index contributed by atoms with van der Waals surface area (Å²) in [5, 5.41) is 11.3. The van der Waals surface area contributed by atoms with Crippen molar-refractivity contribution < 1.29 is 9.32 Å². The van der Waals surface area contributed by atoms with Gasteiger partial charge < -0.3 is 9.84 Å². The number of rotatable bonds is 7. The molecule has 4 aromatic rings. The average Bonchev–Trinajstić information content (AvgIpc) is 3.42. The number of hydrogen-bond donors (Lipinski definition) is 1. The van der Waals surface area contributed by atoms with E-state index in [0.29, 0.717) is 30.2 Å². The molecule has 4 rings (SSSR count). The Hall–Kier alpha value is -3.81. The van der Waals surface area contributed by atoms with Gasteiger partial charge in [0.25, 0.3) is 0 Å². The molecule has 8 heteroatoms. The maximum absolute atomic E-state index is 12.6. The summed E-state index contributed by atoms with van der Waals surface area (Å²) in [5.74, 6) is 1.21. The molecule has 0 atom stereocenters. The van der Waals surface area contributed by atoms with Gasteiger partial charge in [-0.3, -0.25) is 9.48 Å². The minimum absolute atomic E-state index is 0.0142. The summed E-state index contributed by atoms with van der Waals surface area (Å²) in [6.07, 6.45) is 6.33. The molecule has 1 N–H and O–H groups in total. The SMILES string of the molecule is Cc1cc(-c2ccnc(Nc3cnn(C)c3)n2)ccc1CCC(=O)c1cc(C(C)(C)C)on1. The first-order valence-corrected chi connectivity index (χ1v) is 10.9. The van der Waals surface area contributed by atoms with Crippen LogP contribution in [0, 0.1) is 6.92 Å². The van der Waals surface area contributed by atoms with Gasteiger partial charge in [-0.1, -0.05) is 38.1 Å². The molecule has 3 aromatic heterocycles. The standard InChI is InChI=1S/C25H28N6O2/c1-16-12-18(20-10-11-26-24(29-20)28-19-14-27-31(5)15-19)7-6-17(16)8-9-22(32)21-13-23(33-30-21)25(2,3)4/h6-7,10-15H,8-9H2,1-5H3,(H,26,28,29). The molecule has 0 amide bonds. The van der Waals surface area contributed by atoms with E-state index in [-0.39, 0.29) is 11.2 Å². The first kappa shape index (κ1) is 22.4. The van der Waals surface area contributed by atoms with Crippen molar-refractivity contribution in [3.63, 3.8) is 0 Å². The van der Waals surface area contributed by atoms with E-state index >= 15 is 0 Å². The lowest BCUT2D eigenvalue weighted by Crippen LogP contribution is -2.09. The van der Waals surface area contributed by atoms with Gasteiger partial charge in [-0.2, -0.15) is 5.10 Å². The third-order valence-corrected chi connectivity index (χ3v) is 5.41. The van der Waals surface area contributed by atoms with Crippen LogP contribution in [-0.2, 0) is 18.9 Å². The first-order valence-electron chi connectivity index (χ1n) is 10.9. The third-order valence-electron chi connectivity index (χ3n) is 5.41. The van der Waals surface area contributed by atoms with Crippen LogP contribution in [0.3, 0.4) is 0 Å². The second kappa shape index (κ2) is 8.97. The van der Waals surface area contributed by atoms with Gasteiger partial charge in [0.1, 0.15) is 11.5 Å². The fraction of sp³-hybridized carbons (Fsp3) is 0.320. The Morgan fingerprint density at radius 2 is 2.00 bits per heavy atom. The van der Waals surface area contributed by atoms with Gasteiger partial charge in [-0.25, -0.2) is 9.97 Å². The van der Waals surface area contributed by atoms with E-state index in [9.17, 15) is 4.79 Å². The molecule has 0 unspecified atom stereocenters. The predicted molar refractivity (Wildman–Crippen MR) is 127 cm³/mol. The highest BCUT2D eigenvalue weighted by Crippen LogP contribution is 2.25. The quantitative estimate of drug-likeness (QED) is 0.399. The highest BCUT2D eigenvalue weighted by molar-refractivity contribution is 5.94.